The predicted octanol–water partition coefficient (Wildman–Crippen LogP) is 5.63. The van der Waals surface area contributed by atoms with Crippen molar-refractivity contribution in [2.24, 2.45) is 0 Å². The Morgan fingerprint density at radius 1 is 1.04 bits per heavy atom. The number of nitrogens with one attached hydrogen (secondary N) is 2. The molecule has 3 rings (SSSR count). The maximum Gasteiger partial charge on any atom is 0.341 e. The maximum absolute atomic E-state index is 12.5. The summed E-state index contributed by atoms with van der Waals surface area (Å²) in [5.74, 6) is -0.390. The molecule has 4 nitrogen and oxygen atoms in total. The fourth-order valence-electron chi connectivity index (χ4n) is 2.87. The van der Waals surface area contributed by atoms with Crippen molar-refractivity contribution in [2.75, 3.05) is 17.7 Å². The smallest absolute Gasteiger partial charge is 0.341 e. The largest absolute Gasteiger partial charge is 0.465 e. The van der Waals surface area contributed by atoms with E-state index in [1.54, 1.807) is 0 Å². The molecule has 0 aliphatic heterocycles. The predicted molar refractivity (Wildman–Crippen MR) is 117 cm³/mol. The molecule has 0 atom stereocenters. The molecule has 3 aromatic rings. The van der Waals surface area contributed by atoms with Crippen LogP contribution in [0.3, 0.4) is 0 Å². The van der Waals surface area contributed by atoms with Crippen LogP contribution in [0.25, 0.3) is 11.1 Å². The molecule has 0 radical (unpaired) electrons. The van der Waals surface area contributed by atoms with Gasteiger partial charge in [0.05, 0.1) is 7.11 Å². The van der Waals surface area contributed by atoms with Crippen LogP contribution in [-0.4, -0.2) is 18.2 Å². The van der Waals surface area contributed by atoms with Gasteiger partial charge in [-0.2, -0.15) is 0 Å². The first-order valence-corrected chi connectivity index (χ1v) is 9.64. The molecule has 2 N–H and O–H groups in total. The lowest BCUT2D eigenvalue weighted by Gasteiger charge is -2.11. The number of hydrogen-bond acceptors (Lipinski definition) is 4. The van der Waals surface area contributed by atoms with E-state index in [-0.39, 0.29) is 5.97 Å². The second-order valence-electron chi connectivity index (χ2n) is 6.04. The van der Waals surface area contributed by atoms with E-state index < -0.39 is 0 Å². The van der Waals surface area contributed by atoms with E-state index in [0.717, 1.165) is 27.3 Å². The van der Waals surface area contributed by atoms with Gasteiger partial charge in [0.2, 0.25) is 0 Å². The van der Waals surface area contributed by atoms with Crippen molar-refractivity contribution >= 4 is 45.3 Å². The Hall–Kier alpha value is -2.70. The standard InChI is InChI=1S/C21H20N2O2S2/c1-13-8-7-11-16(12-13)22-21(26)23-19-18(20(24)25-3)17(14(2)27-19)15-9-5-4-6-10-15/h4-12H,1-3H3,(H2,22,23,26). The zero-order valence-electron chi connectivity index (χ0n) is 15.3. The second kappa shape index (κ2) is 8.33. The van der Waals surface area contributed by atoms with Crippen molar-refractivity contribution in [1.29, 1.82) is 0 Å². The average molecular weight is 397 g/mol. The number of methoxy groups -OCH3 is 1. The van der Waals surface area contributed by atoms with Crippen molar-refractivity contribution in [3.8, 4) is 11.1 Å². The molecule has 0 saturated heterocycles. The summed E-state index contributed by atoms with van der Waals surface area (Å²) in [4.78, 5) is 13.5. The zero-order chi connectivity index (χ0) is 19.4. The molecule has 0 aliphatic rings. The van der Waals surface area contributed by atoms with Crippen molar-refractivity contribution in [1.82, 2.24) is 0 Å². The zero-order valence-corrected chi connectivity index (χ0v) is 17.0. The molecule has 0 saturated carbocycles. The van der Waals surface area contributed by atoms with E-state index in [1.807, 2.05) is 68.4 Å². The minimum atomic E-state index is -0.390. The number of anilines is 2. The van der Waals surface area contributed by atoms with Gasteiger partial charge in [0, 0.05) is 16.1 Å². The Morgan fingerprint density at radius 2 is 1.78 bits per heavy atom. The molecular formula is C21H20N2O2S2. The summed E-state index contributed by atoms with van der Waals surface area (Å²) in [6.07, 6.45) is 0. The Bertz CT molecular complexity index is 981. The Balaban J connectivity index is 1.93. The third-order valence-electron chi connectivity index (χ3n) is 4.04. The minimum absolute atomic E-state index is 0.390. The lowest BCUT2D eigenvalue weighted by atomic mass is 10.0. The van der Waals surface area contributed by atoms with Gasteiger partial charge in [0.25, 0.3) is 0 Å². The molecule has 0 bridgehead atoms. The second-order valence-corrected chi connectivity index (χ2v) is 7.68. The molecule has 0 unspecified atom stereocenters. The van der Waals surface area contributed by atoms with E-state index in [9.17, 15) is 4.79 Å². The van der Waals surface area contributed by atoms with E-state index >= 15 is 0 Å². The number of thiophene rings is 1. The molecule has 27 heavy (non-hydrogen) atoms. The van der Waals surface area contributed by atoms with Crippen molar-refractivity contribution in [2.45, 2.75) is 13.8 Å². The van der Waals surface area contributed by atoms with Crippen molar-refractivity contribution in [3.63, 3.8) is 0 Å². The first kappa shape index (κ1) is 19.1. The number of hydrogen-bond donors (Lipinski definition) is 2. The van der Waals surface area contributed by atoms with Crippen LogP contribution in [-0.2, 0) is 4.74 Å². The Morgan fingerprint density at radius 3 is 2.44 bits per heavy atom. The monoisotopic (exact) mass is 396 g/mol. The lowest BCUT2D eigenvalue weighted by molar-refractivity contribution is 0.0603. The highest BCUT2D eigenvalue weighted by molar-refractivity contribution is 7.80. The summed E-state index contributed by atoms with van der Waals surface area (Å²) in [5, 5.41) is 7.41. The summed E-state index contributed by atoms with van der Waals surface area (Å²) in [6, 6.07) is 17.7. The van der Waals surface area contributed by atoms with E-state index in [1.165, 1.54) is 18.4 Å². The van der Waals surface area contributed by atoms with Gasteiger partial charge >= 0.3 is 5.97 Å². The number of rotatable bonds is 4. The van der Waals surface area contributed by atoms with Gasteiger partial charge in [-0.3, -0.25) is 0 Å². The van der Waals surface area contributed by atoms with Crippen molar-refractivity contribution in [3.05, 3.63) is 70.6 Å². The van der Waals surface area contributed by atoms with Crippen LogP contribution in [0.4, 0.5) is 10.7 Å². The van der Waals surface area contributed by atoms with Crippen LogP contribution < -0.4 is 10.6 Å². The molecular weight excluding hydrogens is 376 g/mol. The van der Waals surface area contributed by atoms with Gasteiger partial charge in [0.15, 0.2) is 5.11 Å². The maximum atomic E-state index is 12.5. The Kier molecular flexibility index (Phi) is 5.88. The number of carbonyl (C=O) groups is 1. The fraction of sp³-hybridized carbons (Fsp3) is 0.143. The third kappa shape index (κ3) is 4.35. The molecule has 1 heterocycles. The van der Waals surface area contributed by atoms with Crippen molar-refractivity contribution < 1.29 is 9.53 Å². The highest BCUT2D eigenvalue weighted by Crippen LogP contribution is 2.40. The number of benzene rings is 2. The molecule has 0 aliphatic carbocycles. The van der Waals surface area contributed by atoms with Crippen LogP contribution in [0.15, 0.2) is 54.6 Å². The highest BCUT2D eigenvalue weighted by atomic mass is 32.1. The van der Waals surface area contributed by atoms with Crippen LogP contribution in [0.5, 0.6) is 0 Å². The molecule has 138 valence electrons. The van der Waals surface area contributed by atoms with Gasteiger partial charge in [-0.15, -0.1) is 11.3 Å². The molecule has 0 fully saturated rings. The van der Waals surface area contributed by atoms with Crippen LogP contribution in [0, 0.1) is 13.8 Å². The highest BCUT2D eigenvalue weighted by Gasteiger charge is 2.24. The molecule has 0 amide bonds. The van der Waals surface area contributed by atoms with Gasteiger partial charge in [-0.1, -0.05) is 42.5 Å². The summed E-state index contributed by atoms with van der Waals surface area (Å²) >= 11 is 6.93. The van der Waals surface area contributed by atoms with Crippen LogP contribution in [0.2, 0.25) is 0 Å². The summed E-state index contributed by atoms with van der Waals surface area (Å²) < 4.78 is 5.03. The topological polar surface area (TPSA) is 50.4 Å². The average Bonchev–Trinajstić information content (AvgIpc) is 2.97. The summed E-state index contributed by atoms with van der Waals surface area (Å²) in [5.41, 5.74) is 4.37. The molecule has 1 aromatic heterocycles. The normalized spacial score (nSPS) is 10.3. The van der Waals surface area contributed by atoms with E-state index in [2.05, 4.69) is 10.6 Å². The number of ether oxygens (including phenoxy) is 1. The number of carbonyl (C=O) groups excluding carboxylic acids is 1. The van der Waals surface area contributed by atoms with Gasteiger partial charge in [-0.25, -0.2) is 4.79 Å². The van der Waals surface area contributed by atoms with E-state index in [4.69, 9.17) is 17.0 Å². The first-order valence-electron chi connectivity index (χ1n) is 8.41. The quantitative estimate of drug-likeness (QED) is 0.442. The lowest BCUT2D eigenvalue weighted by Crippen LogP contribution is -2.20. The fourth-order valence-corrected chi connectivity index (χ4v) is 4.22. The molecule has 0 spiro atoms. The van der Waals surface area contributed by atoms with Crippen LogP contribution in [0.1, 0.15) is 20.8 Å². The molecule has 2 aromatic carbocycles. The number of aryl methyl sites for hydroxylation is 2. The summed E-state index contributed by atoms with van der Waals surface area (Å²) in [6.45, 7) is 4.01. The summed E-state index contributed by atoms with van der Waals surface area (Å²) in [7, 11) is 1.39. The van der Waals surface area contributed by atoms with Crippen LogP contribution >= 0.6 is 23.6 Å². The number of esters is 1. The Labute approximate surface area is 168 Å². The number of thiocarbonyl (C=S) groups is 1. The molecule has 6 heteroatoms. The van der Waals surface area contributed by atoms with Gasteiger partial charge < -0.3 is 15.4 Å². The van der Waals surface area contributed by atoms with E-state index in [0.29, 0.717) is 15.7 Å². The van der Waals surface area contributed by atoms with Gasteiger partial charge in [-0.05, 0) is 49.3 Å². The van der Waals surface area contributed by atoms with Gasteiger partial charge in [0.1, 0.15) is 10.6 Å². The minimum Gasteiger partial charge on any atom is -0.465 e. The first-order chi connectivity index (χ1) is 13.0. The SMILES string of the molecule is COC(=O)c1c(NC(=S)Nc2cccc(C)c2)sc(C)c1-c1ccccc1. The third-order valence-corrected chi connectivity index (χ3v) is 5.26.